The van der Waals surface area contributed by atoms with Gasteiger partial charge in [-0.3, -0.25) is 4.79 Å². The molecule has 3 N–H and O–H groups in total. The van der Waals surface area contributed by atoms with Crippen molar-refractivity contribution in [3.8, 4) is 0 Å². The normalized spacial score (nSPS) is 20.2. The van der Waals surface area contributed by atoms with Crippen LogP contribution in [0.2, 0.25) is 0 Å². The molecule has 4 rings (SSSR count). The van der Waals surface area contributed by atoms with Crippen LogP contribution in [0.4, 0.5) is 30.5 Å². The number of pyridine rings is 1. The number of hydrogen-bond donors (Lipinski definition) is 3. The monoisotopic (exact) mass is 450 g/mol. The maximum absolute atomic E-state index is 13.7. The molecule has 2 aliphatic rings. The maximum Gasteiger partial charge on any atom is 0.418 e. The Kier molecular flexibility index (Phi) is 6.59. The van der Waals surface area contributed by atoms with Crippen molar-refractivity contribution < 1.29 is 18.0 Å². The van der Waals surface area contributed by atoms with Crippen LogP contribution in [0.3, 0.4) is 0 Å². The Morgan fingerprint density at radius 3 is 2.69 bits per heavy atom. The Hall–Kier alpha value is -2.75. The van der Waals surface area contributed by atoms with Crippen LogP contribution in [0, 0.1) is 5.92 Å². The molecular weight excluding hydrogens is 421 g/mol. The molecule has 0 saturated carbocycles. The quantitative estimate of drug-likeness (QED) is 0.662. The van der Waals surface area contributed by atoms with Crippen LogP contribution in [0.15, 0.2) is 24.4 Å². The molecule has 1 unspecified atom stereocenters. The summed E-state index contributed by atoms with van der Waals surface area (Å²) >= 11 is 0. The van der Waals surface area contributed by atoms with Gasteiger partial charge in [-0.25, -0.2) is 4.98 Å². The van der Waals surface area contributed by atoms with Crippen molar-refractivity contribution in [1.82, 2.24) is 15.3 Å². The third kappa shape index (κ3) is 5.17. The zero-order chi connectivity index (χ0) is 22.7. The lowest BCUT2D eigenvalue weighted by Crippen LogP contribution is -2.34. The number of aromatic nitrogens is 2. The van der Waals surface area contributed by atoms with Crippen molar-refractivity contribution in [3.63, 3.8) is 0 Å². The Morgan fingerprint density at radius 2 is 1.97 bits per heavy atom. The number of aromatic amines is 1. The van der Waals surface area contributed by atoms with E-state index in [-0.39, 0.29) is 0 Å². The summed E-state index contributed by atoms with van der Waals surface area (Å²) in [7, 11) is 0. The van der Waals surface area contributed by atoms with Crippen molar-refractivity contribution in [2.75, 3.05) is 54.4 Å². The standard InChI is InChI=1S/C22H29F3N6O/c1-15-4-2-9-31(14-15)19-12-17(22(23,24)25)20(29-19)21(32)28-16-5-6-18(27-13-16)30-10-3-7-26-8-11-30/h5-6,12-13,15,26,29H,2-4,7-11,14H2,1H3,(H,28,32). The molecule has 10 heteroatoms. The maximum atomic E-state index is 13.7. The fourth-order valence-electron chi connectivity index (χ4n) is 4.34. The molecule has 0 aromatic carbocycles. The van der Waals surface area contributed by atoms with Gasteiger partial charge in [0.25, 0.3) is 5.91 Å². The van der Waals surface area contributed by atoms with Gasteiger partial charge in [0.05, 0.1) is 17.4 Å². The highest BCUT2D eigenvalue weighted by Crippen LogP contribution is 2.36. The summed E-state index contributed by atoms with van der Waals surface area (Å²) in [6.45, 7) is 6.93. The molecule has 32 heavy (non-hydrogen) atoms. The van der Waals surface area contributed by atoms with Crippen LogP contribution in [-0.2, 0) is 6.18 Å². The largest absolute Gasteiger partial charge is 0.418 e. The van der Waals surface area contributed by atoms with Crippen LogP contribution in [0.1, 0.15) is 42.2 Å². The zero-order valence-electron chi connectivity index (χ0n) is 18.1. The van der Waals surface area contributed by atoms with Crippen LogP contribution in [0.25, 0.3) is 0 Å². The van der Waals surface area contributed by atoms with Crippen molar-refractivity contribution in [3.05, 3.63) is 35.7 Å². The molecule has 0 aliphatic carbocycles. The van der Waals surface area contributed by atoms with E-state index < -0.39 is 23.3 Å². The summed E-state index contributed by atoms with van der Waals surface area (Å²) in [5, 5.41) is 5.88. The van der Waals surface area contributed by atoms with Gasteiger partial charge < -0.3 is 25.4 Å². The molecule has 1 amide bonds. The van der Waals surface area contributed by atoms with Gasteiger partial charge in [-0.1, -0.05) is 6.92 Å². The number of hydrogen-bond acceptors (Lipinski definition) is 5. The van der Waals surface area contributed by atoms with Gasteiger partial charge in [0.2, 0.25) is 0 Å². The summed E-state index contributed by atoms with van der Waals surface area (Å²) in [5.74, 6) is 0.673. The Morgan fingerprint density at radius 1 is 1.16 bits per heavy atom. The highest BCUT2D eigenvalue weighted by Gasteiger charge is 2.38. The van der Waals surface area contributed by atoms with Crippen molar-refractivity contribution >= 4 is 23.2 Å². The van der Waals surface area contributed by atoms with Gasteiger partial charge in [-0.05, 0) is 49.9 Å². The average molecular weight is 451 g/mol. The molecule has 0 spiro atoms. The highest BCUT2D eigenvalue weighted by atomic mass is 19.4. The number of nitrogens with zero attached hydrogens (tertiary/aromatic N) is 3. The van der Waals surface area contributed by atoms with Crippen molar-refractivity contribution in [2.45, 2.75) is 32.4 Å². The van der Waals surface area contributed by atoms with E-state index in [2.05, 4.69) is 32.4 Å². The molecule has 174 valence electrons. The summed E-state index contributed by atoms with van der Waals surface area (Å²) in [4.78, 5) is 23.9. The first kappa shape index (κ1) is 22.4. The van der Waals surface area contributed by atoms with Crippen LogP contribution in [0.5, 0.6) is 0 Å². The fourth-order valence-corrected chi connectivity index (χ4v) is 4.34. The second-order valence-electron chi connectivity index (χ2n) is 8.58. The summed E-state index contributed by atoms with van der Waals surface area (Å²) in [5.41, 5.74) is -1.08. The van der Waals surface area contributed by atoms with Crippen molar-refractivity contribution in [1.29, 1.82) is 0 Å². The summed E-state index contributed by atoms with van der Waals surface area (Å²) < 4.78 is 41.0. The third-order valence-electron chi connectivity index (χ3n) is 6.00. The number of piperidine rings is 1. The van der Waals surface area contributed by atoms with Gasteiger partial charge in [-0.2, -0.15) is 13.2 Å². The molecule has 2 saturated heterocycles. The number of nitrogens with one attached hydrogen (secondary N) is 3. The lowest BCUT2D eigenvalue weighted by molar-refractivity contribution is -0.137. The van der Waals surface area contributed by atoms with Gasteiger partial charge in [-0.15, -0.1) is 0 Å². The molecule has 4 heterocycles. The number of carbonyl (C=O) groups is 1. The van der Waals surface area contributed by atoms with Gasteiger partial charge in [0.1, 0.15) is 17.3 Å². The highest BCUT2D eigenvalue weighted by molar-refractivity contribution is 6.04. The lowest BCUT2D eigenvalue weighted by Gasteiger charge is -2.31. The number of H-pyrrole nitrogens is 1. The Labute approximate surface area is 185 Å². The van der Waals surface area contributed by atoms with Crippen LogP contribution < -0.4 is 20.4 Å². The topological polar surface area (TPSA) is 76.3 Å². The van der Waals surface area contributed by atoms with E-state index in [4.69, 9.17) is 0 Å². The van der Waals surface area contributed by atoms with Crippen molar-refractivity contribution in [2.24, 2.45) is 5.92 Å². The molecule has 2 aromatic rings. The minimum atomic E-state index is -4.63. The Balaban J connectivity index is 1.50. The van der Waals surface area contributed by atoms with E-state index in [1.54, 1.807) is 12.1 Å². The number of anilines is 3. The van der Waals surface area contributed by atoms with E-state index in [9.17, 15) is 18.0 Å². The van der Waals surface area contributed by atoms with Crippen LogP contribution in [-0.4, -0.2) is 55.1 Å². The van der Waals surface area contributed by atoms with E-state index in [1.165, 1.54) is 6.20 Å². The Bertz CT molecular complexity index is 919. The first-order valence-electron chi connectivity index (χ1n) is 11.1. The number of amides is 1. The summed E-state index contributed by atoms with van der Waals surface area (Å²) in [6, 6.07) is 4.49. The zero-order valence-corrected chi connectivity index (χ0v) is 18.1. The van der Waals surface area contributed by atoms with E-state index >= 15 is 0 Å². The van der Waals surface area contributed by atoms with Gasteiger partial charge in [0, 0.05) is 32.7 Å². The van der Waals surface area contributed by atoms with E-state index in [0.29, 0.717) is 30.5 Å². The number of halogens is 3. The molecular formula is C22H29F3N6O. The number of rotatable bonds is 4. The molecule has 0 bridgehead atoms. The van der Waals surface area contributed by atoms with Gasteiger partial charge >= 0.3 is 6.18 Å². The predicted octanol–water partition coefficient (Wildman–Crippen LogP) is 3.72. The van der Waals surface area contributed by atoms with E-state index in [0.717, 1.165) is 57.3 Å². The summed E-state index contributed by atoms with van der Waals surface area (Å²) in [6.07, 6.45) is -0.187. The fraction of sp³-hybridized carbons (Fsp3) is 0.545. The van der Waals surface area contributed by atoms with E-state index in [1.807, 2.05) is 4.90 Å². The molecule has 2 aromatic heterocycles. The lowest BCUT2D eigenvalue weighted by atomic mass is 10.0. The minimum Gasteiger partial charge on any atom is -0.358 e. The second-order valence-corrected chi connectivity index (χ2v) is 8.58. The molecule has 7 nitrogen and oxygen atoms in total. The minimum absolute atomic E-state index is 0.331. The molecule has 0 radical (unpaired) electrons. The SMILES string of the molecule is CC1CCCN(c2cc(C(F)(F)F)c(C(=O)Nc3ccc(N4CCCNCC4)nc3)[nH]2)C1. The molecule has 2 fully saturated rings. The average Bonchev–Trinajstić information content (AvgIpc) is 3.05. The number of alkyl halides is 3. The number of carbonyl (C=O) groups excluding carboxylic acids is 1. The molecule has 1 atom stereocenters. The molecule has 2 aliphatic heterocycles. The smallest absolute Gasteiger partial charge is 0.358 e. The third-order valence-corrected chi connectivity index (χ3v) is 6.00. The second kappa shape index (κ2) is 9.40. The van der Waals surface area contributed by atoms with Crippen LogP contribution >= 0.6 is 0 Å². The first-order valence-corrected chi connectivity index (χ1v) is 11.1. The van der Waals surface area contributed by atoms with Gasteiger partial charge in [0.15, 0.2) is 0 Å². The first-order chi connectivity index (χ1) is 15.3. The predicted molar refractivity (Wildman–Crippen MR) is 118 cm³/mol.